The predicted molar refractivity (Wildman–Crippen MR) is 54.9 cm³/mol. The smallest absolute Gasteiger partial charge is 0.315 e. The van der Waals surface area contributed by atoms with E-state index in [9.17, 15) is 4.79 Å². The van der Waals surface area contributed by atoms with Gasteiger partial charge in [0.15, 0.2) is 0 Å². The lowest BCUT2D eigenvalue weighted by atomic mass is 10.1. The number of nitrogens with one attached hydrogen (secondary N) is 2. The Labute approximate surface area is 84.6 Å². The number of carbonyl (C=O) groups excluding carboxylic acids is 1. The predicted octanol–water partition coefficient (Wildman–Crippen LogP) is 0.575. The molecular formula is C10H19N3O. The highest BCUT2D eigenvalue weighted by atomic mass is 16.2. The normalized spacial score (nSPS) is 31.5. The number of carbonyl (C=O) groups is 1. The summed E-state index contributed by atoms with van der Waals surface area (Å²) in [7, 11) is 0. The molecule has 4 N–H and O–H groups in total. The molecule has 0 aromatic rings. The molecule has 2 atom stereocenters. The van der Waals surface area contributed by atoms with E-state index in [4.69, 9.17) is 5.73 Å². The van der Waals surface area contributed by atoms with Gasteiger partial charge in [0.05, 0.1) is 0 Å². The first kappa shape index (κ1) is 9.77. The van der Waals surface area contributed by atoms with Crippen molar-refractivity contribution in [2.45, 2.75) is 44.2 Å². The second-order valence-corrected chi connectivity index (χ2v) is 4.57. The molecule has 2 amide bonds. The van der Waals surface area contributed by atoms with Crippen molar-refractivity contribution in [2.24, 2.45) is 11.7 Å². The lowest BCUT2D eigenvalue weighted by Crippen LogP contribution is -2.39. The fourth-order valence-electron chi connectivity index (χ4n) is 2.00. The van der Waals surface area contributed by atoms with E-state index in [1.807, 2.05) is 0 Å². The van der Waals surface area contributed by atoms with E-state index < -0.39 is 0 Å². The van der Waals surface area contributed by atoms with Gasteiger partial charge in [-0.1, -0.05) is 0 Å². The minimum Gasteiger partial charge on any atom is -0.338 e. The molecule has 0 spiro atoms. The van der Waals surface area contributed by atoms with Crippen molar-refractivity contribution in [3.05, 3.63) is 0 Å². The van der Waals surface area contributed by atoms with E-state index in [2.05, 4.69) is 10.6 Å². The van der Waals surface area contributed by atoms with E-state index in [1.54, 1.807) is 0 Å². The zero-order chi connectivity index (χ0) is 9.97. The fraction of sp³-hybridized carbons (Fsp3) is 0.900. The molecule has 0 aromatic heterocycles. The van der Waals surface area contributed by atoms with Gasteiger partial charge in [-0.25, -0.2) is 4.79 Å². The second kappa shape index (κ2) is 4.17. The highest BCUT2D eigenvalue weighted by Crippen LogP contribution is 2.23. The molecule has 0 aromatic carbocycles. The molecule has 80 valence electrons. The highest BCUT2D eigenvalue weighted by Gasteiger charge is 2.25. The standard InChI is InChI=1S/C10H19N3O/c11-8-2-1-7(5-8)6-12-10(14)13-9-3-4-9/h7-9H,1-6,11H2,(H2,12,13,14). The van der Waals surface area contributed by atoms with Crippen molar-refractivity contribution < 1.29 is 4.79 Å². The Kier molecular flexibility index (Phi) is 2.91. The van der Waals surface area contributed by atoms with Crippen LogP contribution < -0.4 is 16.4 Å². The number of amides is 2. The van der Waals surface area contributed by atoms with Crippen LogP contribution in [0.15, 0.2) is 0 Å². The molecule has 0 saturated heterocycles. The van der Waals surface area contributed by atoms with E-state index >= 15 is 0 Å². The first-order valence-corrected chi connectivity index (χ1v) is 5.54. The van der Waals surface area contributed by atoms with Crippen LogP contribution in [0.3, 0.4) is 0 Å². The van der Waals surface area contributed by atoms with Gasteiger partial charge in [-0.3, -0.25) is 0 Å². The Hall–Kier alpha value is -0.770. The number of nitrogens with two attached hydrogens (primary N) is 1. The van der Waals surface area contributed by atoms with Gasteiger partial charge in [-0.15, -0.1) is 0 Å². The Morgan fingerprint density at radius 1 is 1.29 bits per heavy atom. The maximum atomic E-state index is 11.3. The molecule has 2 rings (SSSR count). The number of urea groups is 1. The zero-order valence-corrected chi connectivity index (χ0v) is 8.46. The monoisotopic (exact) mass is 197 g/mol. The first-order valence-electron chi connectivity index (χ1n) is 5.54. The Morgan fingerprint density at radius 2 is 2.07 bits per heavy atom. The van der Waals surface area contributed by atoms with Crippen LogP contribution in [0, 0.1) is 5.92 Å². The molecule has 0 bridgehead atoms. The van der Waals surface area contributed by atoms with Gasteiger partial charge in [0.25, 0.3) is 0 Å². The van der Waals surface area contributed by atoms with Crippen LogP contribution in [0.4, 0.5) is 4.79 Å². The van der Waals surface area contributed by atoms with Crippen LogP contribution in [-0.4, -0.2) is 24.7 Å². The largest absolute Gasteiger partial charge is 0.338 e. The van der Waals surface area contributed by atoms with Gasteiger partial charge < -0.3 is 16.4 Å². The Morgan fingerprint density at radius 3 is 2.64 bits per heavy atom. The molecule has 14 heavy (non-hydrogen) atoms. The Balaban J connectivity index is 1.59. The first-order chi connectivity index (χ1) is 6.74. The average molecular weight is 197 g/mol. The molecule has 2 unspecified atom stereocenters. The summed E-state index contributed by atoms with van der Waals surface area (Å²) in [6.07, 6.45) is 5.61. The lowest BCUT2D eigenvalue weighted by Gasteiger charge is -2.11. The van der Waals surface area contributed by atoms with Crippen LogP contribution in [0.2, 0.25) is 0 Å². The van der Waals surface area contributed by atoms with Crippen molar-refractivity contribution in [2.75, 3.05) is 6.54 Å². The molecule has 2 aliphatic rings. The zero-order valence-electron chi connectivity index (χ0n) is 8.46. The molecule has 4 nitrogen and oxygen atoms in total. The summed E-state index contributed by atoms with van der Waals surface area (Å²) in [6, 6.07) is 0.794. The summed E-state index contributed by atoms with van der Waals surface area (Å²) in [5, 5.41) is 5.82. The van der Waals surface area contributed by atoms with Crippen molar-refractivity contribution in [3.8, 4) is 0 Å². The maximum absolute atomic E-state index is 11.3. The van der Waals surface area contributed by atoms with Crippen LogP contribution in [0.25, 0.3) is 0 Å². The van der Waals surface area contributed by atoms with E-state index in [0.717, 1.165) is 38.6 Å². The van der Waals surface area contributed by atoms with Crippen LogP contribution >= 0.6 is 0 Å². The number of hydrogen-bond donors (Lipinski definition) is 3. The third kappa shape index (κ3) is 2.87. The van der Waals surface area contributed by atoms with Gasteiger partial charge >= 0.3 is 6.03 Å². The quantitative estimate of drug-likeness (QED) is 0.619. The molecule has 4 heteroatoms. The summed E-state index contributed by atoms with van der Waals surface area (Å²) in [5.74, 6) is 0.593. The maximum Gasteiger partial charge on any atom is 0.315 e. The lowest BCUT2D eigenvalue weighted by molar-refractivity contribution is 0.238. The van der Waals surface area contributed by atoms with Crippen LogP contribution in [-0.2, 0) is 0 Å². The Bertz CT molecular complexity index is 215. The van der Waals surface area contributed by atoms with Crippen molar-refractivity contribution in [1.29, 1.82) is 0 Å². The summed E-state index contributed by atoms with van der Waals surface area (Å²) < 4.78 is 0. The van der Waals surface area contributed by atoms with E-state index in [0.29, 0.717) is 18.0 Å². The topological polar surface area (TPSA) is 67.1 Å². The minimum absolute atomic E-state index is 0.00651. The SMILES string of the molecule is NC1CCC(CNC(=O)NC2CC2)C1. The molecule has 2 saturated carbocycles. The summed E-state index contributed by atoms with van der Waals surface area (Å²) in [4.78, 5) is 11.3. The second-order valence-electron chi connectivity index (χ2n) is 4.57. The van der Waals surface area contributed by atoms with E-state index in [1.165, 1.54) is 0 Å². The fourth-order valence-corrected chi connectivity index (χ4v) is 2.00. The third-order valence-electron chi connectivity index (χ3n) is 3.05. The van der Waals surface area contributed by atoms with Gasteiger partial charge in [-0.2, -0.15) is 0 Å². The van der Waals surface area contributed by atoms with Gasteiger partial charge in [0.2, 0.25) is 0 Å². The highest BCUT2D eigenvalue weighted by molar-refractivity contribution is 5.74. The van der Waals surface area contributed by atoms with Crippen molar-refractivity contribution in [3.63, 3.8) is 0 Å². The van der Waals surface area contributed by atoms with Gasteiger partial charge in [-0.05, 0) is 38.0 Å². The summed E-state index contributed by atoms with van der Waals surface area (Å²) in [5.41, 5.74) is 5.79. The van der Waals surface area contributed by atoms with E-state index in [-0.39, 0.29) is 6.03 Å². The number of hydrogen-bond acceptors (Lipinski definition) is 2. The van der Waals surface area contributed by atoms with Crippen LogP contribution in [0.1, 0.15) is 32.1 Å². The third-order valence-corrected chi connectivity index (χ3v) is 3.05. The molecular weight excluding hydrogens is 178 g/mol. The average Bonchev–Trinajstić information content (AvgIpc) is 2.85. The van der Waals surface area contributed by atoms with Gasteiger partial charge in [0.1, 0.15) is 0 Å². The van der Waals surface area contributed by atoms with Gasteiger partial charge in [0, 0.05) is 18.6 Å². The molecule has 0 radical (unpaired) electrons. The van der Waals surface area contributed by atoms with Crippen LogP contribution in [0.5, 0.6) is 0 Å². The minimum atomic E-state index is -0.00651. The van der Waals surface area contributed by atoms with Crippen molar-refractivity contribution in [1.82, 2.24) is 10.6 Å². The summed E-state index contributed by atoms with van der Waals surface area (Å²) in [6.45, 7) is 0.784. The molecule has 2 fully saturated rings. The number of rotatable bonds is 3. The molecule has 0 aliphatic heterocycles. The molecule has 2 aliphatic carbocycles. The molecule has 0 heterocycles. The summed E-state index contributed by atoms with van der Waals surface area (Å²) >= 11 is 0. The van der Waals surface area contributed by atoms with Crippen molar-refractivity contribution >= 4 is 6.03 Å².